The van der Waals surface area contributed by atoms with Crippen molar-refractivity contribution in [2.45, 2.75) is 12.2 Å². The highest BCUT2D eigenvalue weighted by Crippen LogP contribution is 2.35. The van der Waals surface area contributed by atoms with Crippen LogP contribution in [0, 0.1) is 0 Å². The Kier molecular flexibility index (Phi) is 7.95. The van der Waals surface area contributed by atoms with Gasteiger partial charge in [-0.25, -0.2) is 0 Å². The molecule has 0 aliphatic heterocycles. The summed E-state index contributed by atoms with van der Waals surface area (Å²) in [5.41, 5.74) is 0.569. The van der Waals surface area contributed by atoms with Crippen LogP contribution in [0.1, 0.15) is 11.7 Å². The minimum absolute atomic E-state index is 0.158. The lowest BCUT2D eigenvalue weighted by molar-refractivity contribution is -0.144. The van der Waals surface area contributed by atoms with Crippen molar-refractivity contribution in [2.24, 2.45) is 0 Å². The summed E-state index contributed by atoms with van der Waals surface area (Å²) >= 11 is 0. The Morgan fingerprint density at radius 1 is 0.821 bits per heavy atom. The molecule has 2 rings (SSSR count). The number of hydrogen-bond acceptors (Lipinski definition) is 8. The van der Waals surface area contributed by atoms with Crippen LogP contribution < -0.4 is 18.9 Å². The predicted molar refractivity (Wildman–Crippen MR) is 98.9 cm³/mol. The van der Waals surface area contributed by atoms with Gasteiger partial charge in [-0.3, -0.25) is 9.59 Å². The Morgan fingerprint density at radius 2 is 1.46 bits per heavy atom. The Morgan fingerprint density at radius 3 is 2.07 bits per heavy atom. The Labute approximate surface area is 162 Å². The summed E-state index contributed by atoms with van der Waals surface area (Å²) in [6, 6.07) is 12.0. The molecule has 0 bridgehead atoms. The van der Waals surface area contributed by atoms with Crippen molar-refractivity contribution >= 4 is 12.9 Å². The van der Waals surface area contributed by atoms with Crippen LogP contribution in [0.2, 0.25) is 0 Å². The second kappa shape index (κ2) is 10.7. The van der Waals surface area contributed by atoms with Gasteiger partial charge < -0.3 is 28.4 Å². The highest BCUT2D eigenvalue weighted by Gasteiger charge is 2.29. The number of ether oxygens (including phenoxy) is 6. The molecule has 2 aromatic carbocycles. The van der Waals surface area contributed by atoms with E-state index in [1.165, 1.54) is 21.3 Å². The number of methoxy groups -OCH3 is 3. The molecule has 0 N–H and O–H groups in total. The number of carbonyl (C=O) groups excluding carboxylic acids is 2. The van der Waals surface area contributed by atoms with Crippen LogP contribution in [-0.4, -0.2) is 47.0 Å². The standard InChI is InChI=1S/C20H22O8/c1-23-15-6-4-5-7-17(15)28-19(11-26-12-21)20(27-13-22)14-8-9-16(24-2)18(10-14)25-3/h4-10,12-13,19-20H,11H2,1-3H3. The van der Waals surface area contributed by atoms with Crippen LogP contribution in [0.15, 0.2) is 42.5 Å². The molecular formula is C20H22O8. The van der Waals surface area contributed by atoms with E-state index in [0.717, 1.165) is 0 Å². The molecular weight excluding hydrogens is 368 g/mol. The van der Waals surface area contributed by atoms with Crippen LogP contribution in [0.4, 0.5) is 0 Å². The maximum absolute atomic E-state index is 11.2. The molecule has 0 saturated carbocycles. The molecule has 8 nitrogen and oxygen atoms in total. The average molecular weight is 390 g/mol. The van der Waals surface area contributed by atoms with Crippen LogP contribution in [-0.2, 0) is 19.1 Å². The maximum atomic E-state index is 11.2. The third kappa shape index (κ3) is 5.06. The quantitative estimate of drug-likeness (QED) is 0.511. The molecule has 0 aliphatic rings. The summed E-state index contributed by atoms with van der Waals surface area (Å²) < 4.78 is 31.9. The molecule has 0 spiro atoms. The summed E-state index contributed by atoms with van der Waals surface area (Å²) in [6.07, 6.45) is -1.73. The first-order chi connectivity index (χ1) is 13.7. The van der Waals surface area contributed by atoms with Gasteiger partial charge in [0.05, 0.1) is 21.3 Å². The smallest absolute Gasteiger partial charge is 0.293 e. The number of benzene rings is 2. The van der Waals surface area contributed by atoms with Gasteiger partial charge in [0.1, 0.15) is 6.61 Å². The van der Waals surface area contributed by atoms with Crippen molar-refractivity contribution in [3.8, 4) is 23.0 Å². The first-order valence-corrected chi connectivity index (χ1v) is 8.34. The monoisotopic (exact) mass is 390 g/mol. The van der Waals surface area contributed by atoms with Gasteiger partial charge in [-0.15, -0.1) is 0 Å². The SMILES string of the molecule is COc1ccc(C(OC=O)C(COC=O)Oc2ccccc2OC)cc1OC. The van der Waals surface area contributed by atoms with Gasteiger partial charge in [0.25, 0.3) is 12.9 Å². The van der Waals surface area contributed by atoms with Crippen LogP contribution >= 0.6 is 0 Å². The van der Waals surface area contributed by atoms with Crippen molar-refractivity contribution in [3.05, 3.63) is 48.0 Å². The fraction of sp³-hybridized carbons (Fsp3) is 0.300. The maximum Gasteiger partial charge on any atom is 0.293 e. The molecule has 0 radical (unpaired) electrons. The fourth-order valence-electron chi connectivity index (χ4n) is 2.67. The van der Waals surface area contributed by atoms with Crippen molar-refractivity contribution in [2.75, 3.05) is 27.9 Å². The van der Waals surface area contributed by atoms with Gasteiger partial charge in [-0.1, -0.05) is 18.2 Å². The highest BCUT2D eigenvalue weighted by atomic mass is 16.6. The molecule has 0 heterocycles. The van der Waals surface area contributed by atoms with E-state index in [0.29, 0.717) is 41.5 Å². The number of hydrogen-bond donors (Lipinski definition) is 0. The van der Waals surface area contributed by atoms with Crippen molar-refractivity contribution in [3.63, 3.8) is 0 Å². The van der Waals surface area contributed by atoms with E-state index in [2.05, 4.69) is 0 Å². The molecule has 150 valence electrons. The van der Waals surface area contributed by atoms with Crippen molar-refractivity contribution < 1.29 is 38.0 Å². The topological polar surface area (TPSA) is 89.5 Å². The van der Waals surface area contributed by atoms with E-state index in [1.807, 2.05) is 0 Å². The predicted octanol–water partition coefficient (Wildman–Crippen LogP) is 2.55. The highest BCUT2D eigenvalue weighted by molar-refractivity contribution is 5.46. The van der Waals surface area contributed by atoms with Gasteiger partial charge in [-0.05, 0) is 24.3 Å². The van der Waals surface area contributed by atoms with E-state index in [1.54, 1.807) is 42.5 Å². The molecule has 0 saturated heterocycles. The summed E-state index contributed by atoms with van der Waals surface area (Å²) in [5, 5.41) is 0. The number of carbonyl (C=O) groups is 2. The molecule has 0 aromatic heterocycles. The number of rotatable bonds is 12. The molecule has 8 heteroatoms. The summed E-state index contributed by atoms with van der Waals surface area (Å²) in [6.45, 7) is 0.445. The lowest BCUT2D eigenvalue weighted by Crippen LogP contribution is -2.32. The lowest BCUT2D eigenvalue weighted by Gasteiger charge is -2.27. The van der Waals surface area contributed by atoms with E-state index in [9.17, 15) is 9.59 Å². The lowest BCUT2D eigenvalue weighted by atomic mass is 10.0. The molecule has 0 aliphatic carbocycles. The third-order valence-corrected chi connectivity index (χ3v) is 3.95. The molecule has 2 atom stereocenters. The first kappa shape index (κ1) is 20.9. The normalized spacial score (nSPS) is 12.2. The zero-order valence-electron chi connectivity index (χ0n) is 15.8. The number of para-hydroxylation sites is 2. The Balaban J connectivity index is 2.41. The minimum atomic E-state index is -0.887. The second-order valence-electron chi connectivity index (χ2n) is 5.50. The molecule has 2 aromatic rings. The second-order valence-corrected chi connectivity index (χ2v) is 5.50. The minimum Gasteiger partial charge on any atom is -0.493 e. The molecule has 2 unspecified atom stereocenters. The van der Waals surface area contributed by atoms with Crippen LogP contribution in [0.5, 0.6) is 23.0 Å². The van der Waals surface area contributed by atoms with Gasteiger partial charge in [0.2, 0.25) is 0 Å². The first-order valence-electron chi connectivity index (χ1n) is 8.34. The van der Waals surface area contributed by atoms with E-state index >= 15 is 0 Å². The van der Waals surface area contributed by atoms with Gasteiger partial charge >= 0.3 is 0 Å². The Hall–Kier alpha value is -3.42. The van der Waals surface area contributed by atoms with Gasteiger partial charge in [0, 0.05) is 5.56 Å². The molecule has 0 fully saturated rings. The van der Waals surface area contributed by atoms with Crippen LogP contribution in [0.3, 0.4) is 0 Å². The zero-order valence-corrected chi connectivity index (χ0v) is 15.8. The third-order valence-electron chi connectivity index (χ3n) is 3.95. The molecule has 28 heavy (non-hydrogen) atoms. The summed E-state index contributed by atoms with van der Waals surface area (Å²) in [5.74, 6) is 1.86. The largest absolute Gasteiger partial charge is 0.493 e. The average Bonchev–Trinajstić information content (AvgIpc) is 2.74. The summed E-state index contributed by atoms with van der Waals surface area (Å²) in [4.78, 5) is 21.9. The van der Waals surface area contributed by atoms with Crippen molar-refractivity contribution in [1.29, 1.82) is 0 Å². The van der Waals surface area contributed by atoms with E-state index < -0.39 is 12.2 Å². The van der Waals surface area contributed by atoms with Crippen LogP contribution in [0.25, 0.3) is 0 Å². The van der Waals surface area contributed by atoms with Crippen molar-refractivity contribution in [1.82, 2.24) is 0 Å². The van der Waals surface area contributed by atoms with E-state index in [4.69, 9.17) is 28.4 Å². The molecule has 0 amide bonds. The Bertz CT molecular complexity index is 777. The van der Waals surface area contributed by atoms with Gasteiger partial charge in [0.15, 0.2) is 35.2 Å². The van der Waals surface area contributed by atoms with E-state index in [-0.39, 0.29) is 6.61 Å². The zero-order chi connectivity index (χ0) is 20.4. The van der Waals surface area contributed by atoms with Gasteiger partial charge in [-0.2, -0.15) is 0 Å². The fourth-order valence-corrected chi connectivity index (χ4v) is 2.67. The summed E-state index contributed by atoms with van der Waals surface area (Å²) in [7, 11) is 4.52.